The van der Waals surface area contributed by atoms with E-state index in [4.69, 9.17) is 0 Å². The molecule has 11 heavy (non-hydrogen) atoms. The molecule has 1 heterocycles. The SMILES string of the molecule is SCCCSc1ccncc1. The number of thioether (sulfide) groups is 1. The van der Waals surface area contributed by atoms with Crippen LogP contribution >= 0.6 is 24.4 Å². The van der Waals surface area contributed by atoms with Crippen LogP contribution < -0.4 is 0 Å². The summed E-state index contributed by atoms with van der Waals surface area (Å²) in [6.45, 7) is 0. The Balaban J connectivity index is 2.28. The highest BCUT2D eigenvalue weighted by molar-refractivity contribution is 7.99. The van der Waals surface area contributed by atoms with Gasteiger partial charge >= 0.3 is 0 Å². The Labute approximate surface area is 77.0 Å². The molecule has 0 amide bonds. The molecular formula is C8H11NS2. The molecule has 0 bridgehead atoms. The monoisotopic (exact) mass is 185 g/mol. The van der Waals surface area contributed by atoms with E-state index in [9.17, 15) is 0 Å². The first kappa shape index (κ1) is 8.94. The van der Waals surface area contributed by atoms with Gasteiger partial charge in [0.05, 0.1) is 0 Å². The van der Waals surface area contributed by atoms with E-state index >= 15 is 0 Å². The van der Waals surface area contributed by atoms with Crippen LogP contribution in [0.5, 0.6) is 0 Å². The fourth-order valence-corrected chi connectivity index (χ4v) is 1.90. The molecular weight excluding hydrogens is 174 g/mol. The molecule has 0 aromatic carbocycles. The molecule has 60 valence electrons. The molecule has 0 N–H and O–H groups in total. The van der Waals surface area contributed by atoms with Gasteiger partial charge in [0.2, 0.25) is 0 Å². The van der Waals surface area contributed by atoms with E-state index in [-0.39, 0.29) is 0 Å². The van der Waals surface area contributed by atoms with Crippen molar-refractivity contribution >= 4 is 24.4 Å². The van der Waals surface area contributed by atoms with Crippen molar-refractivity contribution in [1.82, 2.24) is 4.98 Å². The molecule has 0 saturated carbocycles. The Kier molecular flexibility index (Phi) is 4.47. The highest BCUT2D eigenvalue weighted by Gasteiger charge is 1.90. The first-order chi connectivity index (χ1) is 5.43. The van der Waals surface area contributed by atoms with E-state index in [0.717, 1.165) is 17.9 Å². The molecule has 0 unspecified atom stereocenters. The second-order valence-corrected chi connectivity index (χ2v) is 3.72. The summed E-state index contributed by atoms with van der Waals surface area (Å²) in [4.78, 5) is 5.24. The summed E-state index contributed by atoms with van der Waals surface area (Å²) in [6, 6.07) is 4.06. The maximum atomic E-state index is 4.14. The maximum absolute atomic E-state index is 4.14. The third-order valence-electron chi connectivity index (χ3n) is 1.22. The topological polar surface area (TPSA) is 12.9 Å². The zero-order valence-electron chi connectivity index (χ0n) is 6.23. The number of thiol groups is 1. The van der Waals surface area contributed by atoms with Crippen molar-refractivity contribution in [2.75, 3.05) is 11.5 Å². The molecule has 0 radical (unpaired) electrons. The Morgan fingerprint density at radius 3 is 2.73 bits per heavy atom. The third-order valence-corrected chi connectivity index (χ3v) is 2.64. The lowest BCUT2D eigenvalue weighted by Crippen LogP contribution is -1.80. The van der Waals surface area contributed by atoms with Gasteiger partial charge in [-0.2, -0.15) is 12.6 Å². The highest BCUT2D eigenvalue weighted by atomic mass is 32.2. The van der Waals surface area contributed by atoms with Gasteiger partial charge in [0, 0.05) is 17.3 Å². The van der Waals surface area contributed by atoms with E-state index in [2.05, 4.69) is 17.6 Å². The predicted octanol–water partition coefficient (Wildman–Crippen LogP) is 2.49. The summed E-state index contributed by atoms with van der Waals surface area (Å²) in [5.74, 6) is 2.12. The lowest BCUT2D eigenvalue weighted by atomic mass is 10.5. The summed E-state index contributed by atoms with van der Waals surface area (Å²) in [5, 5.41) is 0. The van der Waals surface area contributed by atoms with E-state index < -0.39 is 0 Å². The van der Waals surface area contributed by atoms with Crippen LogP contribution in [0, 0.1) is 0 Å². The van der Waals surface area contributed by atoms with Gasteiger partial charge in [-0.05, 0) is 30.1 Å². The van der Waals surface area contributed by atoms with Crippen molar-refractivity contribution in [2.24, 2.45) is 0 Å². The highest BCUT2D eigenvalue weighted by Crippen LogP contribution is 2.16. The van der Waals surface area contributed by atoms with E-state index in [0.29, 0.717) is 0 Å². The molecule has 0 saturated heterocycles. The summed E-state index contributed by atoms with van der Waals surface area (Å²) < 4.78 is 0. The number of hydrogen-bond donors (Lipinski definition) is 1. The van der Waals surface area contributed by atoms with Gasteiger partial charge in [0.1, 0.15) is 0 Å². The Bertz CT molecular complexity index is 189. The van der Waals surface area contributed by atoms with Crippen LogP contribution in [0.4, 0.5) is 0 Å². The molecule has 3 heteroatoms. The lowest BCUT2D eigenvalue weighted by Gasteiger charge is -1.97. The summed E-state index contributed by atoms with van der Waals surface area (Å²) in [6.07, 6.45) is 4.81. The second kappa shape index (κ2) is 5.49. The van der Waals surface area contributed by atoms with Crippen LogP contribution in [0.15, 0.2) is 29.4 Å². The smallest absolute Gasteiger partial charge is 0.0278 e. The average Bonchev–Trinajstić information content (AvgIpc) is 2.07. The van der Waals surface area contributed by atoms with Gasteiger partial charge in [-0.25, -0.2) is 0 Å². The summed E-state index contributed by atoms with van der Waals surface area (Å²) in [5.41, 5.74) is 0. The van der Waals surface area contributed by atoms with E-state index in [1.165, 1.54) is 4.90 Å². The van der Waals surface area contributed by atoms with E-state index in [1.807, 2.05) is 36.3 Å². The fraction of sp³-hybridized carbons (Fsp3) is 0.375. The van der Waals surface area contributed by atoms with Gasteiger partial charge in [0.25, 0.3) is 0 Å². The molecule has 1 rings (SSSR count). The Morgan fingerprint density at radius 2 is 2.09 bits per heavy atom. The summed E-state index contributed by atoms with van der Waals surface area (Å²) in [7, 11) is 0. The van der Waals surface area contributed by atoms with Crippen LogP contribution in [0.2, 0.25) is 0 Å². The number of rotatable bonds is 4. The normalized spacial score (nSPS) is 9.91. The van der Waals surface area contributed by atoms with Crippen LogP contribution in [0.25, 0.3) is 0 Å². The van der Waals surface area contributed by atoms with Gasteiger partial charge in [0.15, 0.2) is 0 Å². The number of pyridine rings is 1. The van der Waals surface area contributed by atoms with Gasteiger partial charge in [-0.1, -0.05) is 0 Å². The first-order valence-corrected chi connectivity index (χ1v) is 5.19. The molecule has 1 nitrogen and oxygen atoms in total. The minimum atomic E-state index is 0.970. The third kappa shape index (κ3) is 3.68. The minimum absolute atomic E-state index is 0.970. The molecule has 0 atom stereocenters. The number of aromatic nitrogens is 1. The van der Waals surface area contributed by atoms with Crippen LogP contribution in [-0.4, -0.2) is 16.5 Å². The minimum Gasteiger partial charge on any atom is -0.265 e. The fourth-order valence-electron chi connectivity index (χ4n) is 0.689. The van der Waals surface area contributed by atoms with Crippen LogP contribution in [-0.2, 0) is 0 Å². The maximum Gasteiger partial charge on any atom is 0.0278 e. The molecule has 0 fully saturated rings. The average molecular weight is 185 g/mol. The van der Waals surface area contributed by atoms with Gasteiger partial charge in [-0.3, -0.25) is 4.98 Å². The Morgan fingerprint density at radius 1 is 1.36 bits per heavy atom. The van der Waals surface area contributed by atoms with E-state index in [1.54, 1.807) is 0 Å². The molecule has 0 aliphatic rings. The van der Waals surface area contributed by atoms with Crippen molar-refractivity contribution < 1.29 is 0 Å². The van der Waals surface area contributed by atoms with Crippen molar-refractivity contribution in [1.29, 1.82) is 0 Å². The molecule has 0 aliphatic heterocycles. The van der Waals surface area contributed by atoms with Crippen molar-refractivity contribution in [3.63, 3.8) is 0 Å². The largest absolute Gasteiger partial charge is 0.265 e. The molecule has 0 aliphatic carbocycles. The van der Waals surface area contributed by atoms with Crippen molar-refractivity contribution in [3.8, 4) is 0 Å². The second-order valence-electron chi connectivity index (χ2n) is 2.11. The predicted molar refractivity (Wildman–Crippen MR) is 53.4 cm³/mol. The standard InChI is InChI=1S/C8H11NS2/c10-6-1-7-11-8-2-4-9-5-3-8/h2-5,10H,1,6-7H2. The van der Waals surface area contributed by atoms with Crippen molar-refractivity contribution in [3.05, 3.63) is 24.5 Å². The van der Waals surface area contributed by atoms with Crippen molar-refractivity contribution in [2.45, 2.75) is 11.3 Å². The zero-order valence-corrected chi connectivity index (χ0v) is 7.94. The molecule has 1 aromatic heterocycles. The quantitative estimate of drug-likeness (QED) is 0.440. The van der Waals surface area contributed by atoms with Crippen LogP contribution in [0.3, 0.4) is 0 Å². The van der Waals surface area contributed by atoms with Gasteiger partial charge < -0.3 is 0 Å². The van der Waals surface area contributed by atoms with Gasteiger partial charge in [-0.15, -0.1) is 11.8 Å². The number of hydrogen-bond acceptors (Lipinski definition) is 3. The molecule has 0 spiro atoms. The first-order valence-electron chi connectivity index (χ1n) is 3.57. The Hall–Kier alpha value is -0.150. The van der Waals surface area contributed by atoms with Crippen LogP contribution in [0.1, 0.15) is 6.42 Å². The molecule has 1 aromatic rings. The number of nitrogens with zero attached hydrogens (tertiary/aromatic N) is 1. The lowest BCUT2D eigenvalue weighted by molar-refractivity contribution is 1.13. The summed E-state index contributed by atoms with van der Waals surface area (Å²) >= 11 is 6.00. The zero-order chi connectivity index (χ0) is 7.94.